The average Bonchev–Trinajstić information content (AvgIpc) is 0.788. The number of unbranched alkanes of at least 4 members (excludes halogenated alkanes) is 23. The molecule has 4 rings (SSSR count). The predicted octanol–water partition coefficient (Wildman–Crippen LogP) is 3.82. The van der Waals surface area contributed by atoms with E-state index in [0.29, 0.717) is 76.7 Å². The summed E-state index contributed by atoms with van der Waals surface area (Å²) >= 11 is 0. The highest BCUT2D eigenvalue weighted by atomic mass is 16.8. The van der Waals surface area contributed by atoms with E-state index in [-0.39, 0.29) is 37.2 Å². The van der Waals surface area contributed by atoms with Crippen molar-refractivity contribution in [2.45, 2.75) is 375 Å². The van der Waals surface area contributed by atoms with Gasteiger partial charge in [0, 0.05) is 78.7 Å². The molecule has 0 aromatic rings. The number of aliphatic hydroxyl groups is 8. The summed E-state index contributed by atoms with van der Waals surface area (Å²) in [6, 6.07) is -2.63. The van der Waals surface area contributed by atoms with Crippen molar-refractivity contribution in [3.8, 4) is 0 Å². The summed E-state index contributed by atoms with van der Waals surface area (Å²) in [6.07, 6.45) is 1.13. The summed E-state index contributed by atoms with van der Waals surface area (Å²) in [6.45, 7) is 6.83. The van der Waals surface area contributed by atoms with E-state index >= 15 is 0 Å². The van der Waals surface area contributed by atoms with Gasteiger partial charge in [0.15, 0.2) is 37.4 Å². The quantitative estimate of drug-likeness (QED) is 0.0385. The van der Waals surface area contributed by atoms with Crippen molar-refractivity contribution in [1.82, 2.24) is 21.3 Å². The van der Waals surface area contributed by atoms with Crippen LogP contribution in [0.1, 0.15) is 252 Å². The topological polar surface area (TPSA) is 461 Å². The lowest BCUT2D eigenvalue weighted by atomic mass is 9.94. The molecule has 0 aromatic carbocycles. The van der Waals surface area contributed by atoms with Crippen molar-refractivity contribution in [2.75, 3.05) is 26.3 Å². The van der Waals surface area contributed by atoms with Gasteiger partial charge in [0.05, 0.1) is 12.2 Å². The van der Waals surface area contributed by atoms with Gasteiger partial charge in [-0.1, -0.05) is 122 Å². The van der Waals surface area contributed by atoms with Crippen LogP contribution in [-0.4, -0.2) is 247 Å². The van der Waals surface area contributed by atoms with E-state index in [1.54, 1.807) is 6.92 Å². The van der Waals surface area contributed by atoms with E-state index in [9.17, 15) is 89.4 Å². The van der Waals surface area contributed by atoms with Crippen LogP contribution < -0.4 is 21.3 Å². The Morgan fingerprint density at radius 3 is 1.02 bits per heavy atom. The molecule has 0 bridgehead atoms. The fourth-order valence-electron chi connectivity index (χ4n) is 13.0. The summed E-state index contributed by atoms with van der Waals surface area (Å²) in [5.74, 6) is -3.54. The zero-order valence-electron chi connectivity index (χ0n) is 60.1. The maximum atomic E-state index is 12.5. The number of hydrogen-bond donors (Lipinski definition) is 14. The summed E-state index contributed by atoms with van der Waals surface area (Å²) in [4.78, 5) is 97.6. The number of hydrogen-bond acceptors (Lipinski definition) is 24. The van der Waals surface area contributed by atoms with E-state index in [2.05, 4.69) is 21.3 Å². The number of ketones is 2. The number of carboxylic acids is 2. The number of Topliss-reactive ketones (excluding diaryl/α,β-unsaturated/α-hetero) is 2. The van der Waals surface area contributed by atoms with Crippen LogP contribution in [0.5, 0.6) is 0 Å². The van der Waals surface area contributed by atoms with E-state index in [1.165, 1.54) is 13.8 Å². The first-order chi connectivity index (χ1) is 48.4. The van der Waals surface area contributed by atoms with Crippen LogP contribution in [0.3, 0.4) is 0 Å². The monoisotopic (exact) mass is 1450 g/mol. The van der Waals surface area contributed by atoms with Crippen molar-refractivity contribution in [3.05, 3.63) is 0 Å². The first kappa shape index (κ1) is 88.9. The molecule has 30 nitrogen and oxygen atoms in total. The van der Waals surface area contributed by atoms with Crippen molar-refractivity contribution in [1.29, 1.82) is 0 Å². The standard InChI is InChI=1S/C71H124N4O26/c1-5-49-55(83)57(85)53(75-46(4)77)69(97-49)99-63-59(87)61(89)71(101-65(63)67(92)93)94-42-32-22-13-17-27-37-48(79)36-26-16-11-10-15-25-35-47(78)34-24-14-8-6-7-9-18-28-38-50(80)72-40-30-20-12-19-29-39-51(81)73-41-31-21-23-33-43-95-70-60(88)58(86)62(64(100-70)66(90)91)98-68-52(74-45(3)76)56(84)54(82)44(2)96-68/h44,49,52-65,68-71,82-89H,5-43H2,1-4H3,(H,72,80)(H,73,81)(H,74,76)(H,75,77)(H,90,91)(H,92,93). The molecular weight excluding hydrogens is 1320 g/mol. The molecule has 4 aliphatic rings. The van der Waals surface area contributed by atoms with E-state index in [1.807, 2.05) is 0 Å². The fraction of sp³-hybridized carbons (Fsp3) is 0.887. The average molecular weight is 1450 g/mol. The molecule has 0 aliphatic carbocycles. The summed E-state index contributed by atoms with van der Waals surface area (Å²) in [5, 5.41) is 116. The number of amides is 4. The Kier molecular flexibility index (Phi) is 44.1. The lowest BCUT2D eigenvalue weighted by Gasteiger charge is -2.46. The molecule has 4 amide bonds. The third-order valence-electron chi connectivity index (χ3n) is 19.1. The van der Waals surface area contributed by atoms with E-state index in [4.69, 9.17) is 37.9 Å². The molecule has 0 radical (unpaired) electrons. The third-order valence-corrected chi connectivity index (χ3v) is 19.1. The molecular formula is C71H124N4O26. The summed E-state index contributed by atoms with van der Waals surface area (Å²) < 4.78 is 45.1. The minimum Gasteiger partial charge on any atom is -0.479 e. The highest BCUT2D eigenvalue weighted by Gasteiger charge is 2.55. The minimum absolute atomic E-state index is 0.00600. The Morgan fingerprint density at radius 1 is 0.356 bits per heavy atom. The fourth-order valence-corrected chi connectivity index (χ4v) is 13.0. The number of rotatable bonds is 54. The maximum absolute atomic E-state index is 12.5. The second kappa shape index (κ2) is 50.1. The molecule has 30 heteroatoms. The lowest BCUT2D eigenvalue weighted by Crippen LogP contribution is -2.67. The SMILES string of the molecule is CCC1OC(OC2C(C(=O)O)OC(OCCCCCCCC(=O)CCCCCCCCC(=O)CCCCCCCCCCC(=O)NCCCCCCCC(=O)NCCCCCCOC3OC(C(=O)O)C(OC4OC(C)C(O)C(O)C4NC(C)=O)C(O)C3O)C(O)C2O)C(NC(C)=O)C(O)C1O. The number of carbonyl (C=O) groups excluding carboxylic acids is 6. The van der Waals surface area contributed by atoms with Crippen LogP contribution >= 0.6 is 0 Å². The molecule has 20 atom stereocenters. The number of aliphatic hydroxyl groups excluding tert-OH is 8. The van der Waals surface area contributed by atoms with Crippen LogP contribution in [0.25, 0.3) is 0 Å². The molecule has 4 saturated heterocycles. The Hall–Kier alpha value is -4.48. The number of aliphatic carboxylic acids is 2. The number of carbonyl (C=O) groups is 8. The van der Waals surface area contributed by atoms with Crippen LogP contribution in [0.2, 0.25) is 0 Å². The predicted molar refractivity (Wildman–Crippen MR) is 364 cm³/mol. The largest absolute Gasteiger partial charge is 0.479 e. The number of ether oxygens (including phenoxy) is 8. The Morgan fingerprint density at radius 2 is 0.673 bits per heavy atom. The number of nitrogens with one attached hydrogen (secondary N) is 4. The van der Waals surface area contributed by atoms with Gasteiger partial charge < -0.3 is 110 Å². The molecule has 0 aromatic heterocycles. The van der Waals surface area contributed by atoms with Crippen molar-refractivity contribution in [2.24, 2.45) is 0 Å². The highest BCUT2D eigenvalue weighted by Crippen LogP contribution is 2.33. The van der Waals surface area contributed by atoms with Gasteiger partial charge in [-0.25, -0.2) is 9.59 Å². The van der Waals surface area contributed by atoms with Crippen LogP contribution in [-0.2, 0) is 76.3 Å². The molecule has 0 spiro atoms. The Bertz CT molecular complexity index is 2400. The van der Waals surface area contributed by atoms with Gasteiger partial charge in [-0.05, 0) is 77.6 Å². The summed E-state index contributed by atoms with van der Waals surface area (Å²) in [7, 11) is 0. The molecule has 101 heavy (non-hydrogen) atoms. The molecule has 4 aliphatic heterocycles. The smallest absolute Gasteiger partial charge is 0.335 e. The Balaban J connectivity index is 0.852. The first-order valence-corrected chi connectivity index (χ1v) is 37.5. The minimum atomic E-state index is -1.82. The molecule has 20 unspecified atom stereocenters. The zero-order valence-corrected chi connectivity index (χ0v) is 60.1. The summed E-state index contributed by atoms with van der Waals surface area (Å²) in [5.41, 5.74) is 0. The van der Waals surface area contributed by atoms with E-state index in [0.717, 1.165) is 167 Å². The highest BCUT2D eigenvalue weighted by molar-refractivity contribution is 5.79. The second-order valence-corrected chi connectivity index (χ2v) is 27.7. The van der Waals surface area contributed by atoms with Gasteiger partial charge in [-0.15, -0.1) is 0 Å². The molecule has 584 valence electrons. The Labute approximate surface area is 595 Å². The van der Waals surface area contributed by atoms with Crippen molar-refractivity contribution in [3.63, 3.8) is 0 Å². The second-order valence-electron chi connectivity index (χ2n) is 27.7. The van der Waals surface area contributed by atoms with Crippen molar-refractivity contribution < 1.29 is 127 Å². The first-order valence-electron chi connectivity index (χ1n) is 37.5. The van der Waals surface area contributed by atoms with Gasteiger partial charge in [-0.2, -0.15) is 0 Å². The van der Waals surface area contributed by atoms with Crippen LogP contribution in [0.4, 0.5) is 0 Å². The van der Waals surface area contributed by atoms with Gasteiger partial charge in [-0.3, -0.25) is 28.8 Å². The normalized spacial score (nSPS) is 29.7. The molecule has 4 fully saturated rings. The van der Waals surface area contributed by atoms with Gasteiger partial charge in [0.2, 0.25) is 23.6 Å². The molecule has 0 saturated carbocycles. The van der Waals surface area contributed by atoms with Gasteiger partial charge in [0.1, 0.15) is 84.7 Å². The maximum Gasteiger partial charge on any atom is 0.335 e. The third kappa shape index (κ3) is 33.2. The van der Waals surface area contributed by atoms with Gasteiger partial charge in [0.25, 0.3) is 0 Å². The van der Waals surface area contributed by atoms with Crippen molar-refractivity contribution >= 4 is 47.1 Å². The molecule has 14 N–H and O–H groups in total. The van der Waals surface area contributed by atoms with Gasteiger partial charge >= 0.3 is 11.9 Å². The van der Waals surface area contributed by atoms with Crippen LogP contribution in [0, 0.1) is 0 Å². The zero-order chi connectivity index (χ0) is 74.2. The lowest BCUT2D eigenvalue weighted by molar-refractivity contribution is -0.339. The van der Waals surface area contributed by atoms with Crippen LogP contribution in [0.15, 0.2) is 0 Å². The molecule has 4 heterocycles. The number of carboxylic acid groups (broad SMARTS) is 2. The van der Waals surface area contributed by atoms with E-state index < -0.39 is 146 Å².